The molecule has 2 rings (SSSR count). The van der Waals surface area contributed by atoms with Crippen LogP contribution in [0.2, 0.25) is 0 Å². The number of carbonyl (C=O) groups is 1. The number of benzene rings is 2. The average Bonchev–Trinajstić information content (AvgIpc) is 2.39. The Labute approximate surface area is 116 Å². The molecular weight excluding hydrogens is 259 g/mol. The van der Waals surface area contributed by atoms with Gasteiger partial charge in [0.15, 0.2) is 0 Å². The SMILES string of the molecule is Cc1ccc(C)c(OCc2ccc(C(=O)O)c(F)c2)c1. The van der Waals surface area contributed by atoms with E-state index in [-0.39, 0.29) is 12.2 Å². The van der Waals surface area contributed by atoms with Crippen LogP contribution in [0.4, 0.5) is 4.39 Å². The third kappa shape index (κ3) is 3.15. The van der Waals surface area contributed by atoms with Crippen LogP contribution < -0.4 is 4.74 Å². The summed E-state index contributed by atoms with van der Waals surface area (Å²) in [5.41, 5.74) is 2.34. The van der Waals surface area contributed by atoms with Crippen molar-refractivity contribution in [3.63, 3.8) is 0 Å². The van der Waals surface area contributed by atoms with Gasteiger partial charge in [-0.2, -0.15) is 0 Å². The van der Waals surface area contributed by atoms with Crippen LogP contribution in [-0.4, -0.2) is 11.1 Å². The second-order valence-corrected chi connectivity index (χ2v) is 4.68. The van der Waals surface area contributed by atoms with Crippen LogP contribution in [0.25, 0.3) is 0 Å². The molecule has 0 heterocycles. The molecule has 0 saturated carbocycles. The Bertz CT molecular complexity index is 650. The van der Waals surface area contributed by atoms with E-state index in [1.165, 1.54) is 12.1 Å². The maximum atomic E-state index is 13.5. The van der Waals surface area contributed by atoms with E-state index < -0.39 is 11.8 Å². The molecule has 3 nitrogen and oxygen atoms in total. The Balaban J connectivity index is 2.13. The number of halogens is 1. The van der Waals surface area contributed by atoms with Crippen molar-refractivity contribution in [3.05, 3.63) is 64.5 Å². The second kappa shape index (κ2) is 5.74. The number of ether oxygens (including phenoxy) is 1. The zero-order valence-electron chi connectivity index (χ0n) is 11.3. The quantitative estimate of drug-likeness (QED) is 0.924. The van der Waals surface area contributed by atoms with Gasteiger partial charge in [0, 0.05) is 0 Å². The zero-order chi connectivity index (χ0) is 14.7. The molecule has 2 aromatic carbocycles. The van der Waals surface area contributed by atoms with Gasteiger partial charge in [-0.1, -0.05) is 18.2 Å². The highest BCUT2D eigenvalue weighted by molar-refractivity contribution is 5.87. The van der Waals surface area contributed by atoms with Crippen LogP contribution in [0.1, 0.15) is 27.0 Å². The van der Waals surface area contributed by atoms with Gasteiger partial charge in [-0.15, -0.1) is 0 Å². The second-order valence-electron chi connectivity index (χ2n) is 4.68. The maximum absolute atomic E-state index is 13.5. The molecule has 0 aliphatic heterocycles. The zero-order valence-corrected chi connectivity index (χ0v) is 11.3. The summed E-state index contributed by atoms with van der Waals surface area (Å²) in [6, 6.07) is 9.85. The lowest BCUT2D eigenvalue weighted by Gasteiger charge is -2.10. The van der Waals surface area contributed by atoms with Crippen LogP contribution in [0.3, 0.4) is 0 Å². The molecule has 0 aromatic heterocycles. The molecular formula is C16H15FO3. The molecule has 0 aliphatic rings. The number of carboxylic acid groups (broad SMARTS) is 1. The Morgan fingerprint density at radius 3 is 2.60 bits per heavy atom. The van der Waals surface area contributed by atoms with E-state index in [2.05, 4.69) is 0 Å². The first-order chi connectivity index (χ1) is 9.47. The van der Waals surface area contributed by atoms with Gasteiger partial charge in [0.1, 0.15) is 18.2 Å². The Morgan fingerprint density at radius 2 is 1.95 bits per heavy atom. The lowest BCUT2D eigenvalue weighted by Crippen LogP contribution is -2.03. The van der Waals surface area contributed by atoms with Crippen molar-refractivity contribution in [2.45, 2.75) is 20.5 Å². The van der Waals surface area contributed by atoms with Crippen molar-refractivity contribution < 1.29 is 19.0 Å². The highest BCUT2D eigenvalue weighted by Gasteiger charge is 2.10. The molecule has 0 atom stereocenters. The number of carboxylic acids is 1. The lowest BCUT2D eigenvalue weighted by molar-refractivity contribution is 0.0692. The van der Waals surface area contributed by atoms with Crippen LogP contribution in [0, 0.1) is 19.7 Å². The van der Waals surface area contributed by atoms with Gasteiger partial charge in [0.2, 0.25) is 0 Å². The largest absolute Gasteiger partial charge is 0.489 e. The molecule has 0 spiro atoms. The third-order valence-electron chi connectivity index (χ3n) is 3.00. The number of hydrogen-bond donors (Lipinski definition) is 1. The van der Waals surface area contributed by atoms with Crippen molar-refractivity contribution in [2.75, 3.05) is 0 Å². The van der Waals surface area contributed by atoms with Crippen molar-refractivity contribution in [1.82, 2.24) is 0 Å². The molecule has 0 fully saturated rings. The average molecular weight is 274 g/mol. The molecule has 4 heteroatoms. The third-order valence-corrected chi connectivity index (χ3v) is 3.00. The molecule has 0 amide bonds. The van der Waals surface area contributed by atoms with E-state index in [1.54, 1.807) is 6.07 Å². The summed E-state index contributed by atoms with van der Waals surface area (Å²) >= 11 is 0. The van der Waals surface area contributed by atoms with Crippen molar-refractivity contribution in [2.24, 2.45) is 0 Å². The summed E-state index contributed by atoms with van der Waals surface area (Å²) in [6.07, 6.45) is 0. The number of aryl methyl sites for hydroxylation is 2. The summed E-state index contributed by atoms with van der Waals surface area (Å²) in [5, 5.41) is 8.76. The van der Waals surface area contributed by atoms with Gasteiger partial charge < -0.3 is 9.84 Å². The first-order valence-electron chi connectivity index (χ1n) is 6.19. The van der Waals surface area contributed by atoms with Gasteiger partial charge in [0.25, 0.3) is 0 Å². The molecule has 20 heavy (non-hydrogen) atoms. The highest BCUT2D eigenvalue weighted by Crippen LogP contribution is 2.21. The van der Waals surface area contributed by atoms with Crippen LogP contribution in [-0.2, 0) is 6.61 Å². The number of rotatable bonds is 4. The Hall–Kier alpha value is -2.36. The predicted molar refractivity (Wildman–Crippen MR) is 73.6 cm³/mol. The van der Waals surface area contributed by atoms with E-state index in [1.807, 2.05) is 32.0 Å². The summed E-state index contributed by atoms with van der Waals surface area (Å²) in [6.45, 7) is 4.09. The minimum atomic E-state index is -1.27. The van der Waals surface area contributed by atoms with Gasteiger partial charge >= 0.3 is 5.97 Å². The van der Waals surface area contributed by atoms with Gasteiger partial charge in [0.05, 0.1) is 5.56 Å². The standard InChI is InChI=1S/C16H15FO3/c1-10-3-4-11(2)15(7-10)20-9-12-5-6-13(16(18)19)14(17)8-12/h3-8H,9H2,1-2H3,(H,18,19). The predicted octanol–water partition coefficient (Wildman–Crippen LogP) is 3.72. The van der Waals surface area contributed by atoms with Crippen LogP contribution >= 0.6 is 0 Å². The minimum Gasteiger partial charge on any atom is -0.489 e. The summed E-state index contributed by atoms with van der Waals surface area (Å²) in [7, 11) is 0. The van der Waals surface area contributed by atoms with Gasteiger partial charge in [-0.3, -0.25) is 0 Å². The fourth-order valence-electron chi connectivity index (χ4n) is 1.85. The van der Waals surface area contributed by atoms with Crippen LogP contribution in [0.5, 0.6) is 5.75 Å². The summed E-state index contributed by atoms with van der Waals surface area (Å²) in [4.78, 5) is 10.7. The van der Waals surface area contributed by atoms with Gasteiger partial charge in [-0.05, 0) is 48.7 Å². The first-order valence-corrected chi connectivity index (χ1v) is 6.19. The van der Waals surface area contributed by atoms with E-state index >= 15 is 0 Å². The normalized spacial score (nSPS) is 10.3. The fourth-order valence-corrected chi connectivity index (χ4v) is 1.85. The Kier molecular flexibility index (Phi) is 4.03. The number of hydrogen-bond acceptors (Lipinski definition) is 2. The minimum absolute atomic E-state index is 0.196. The fraction of sp³-hybridized carbons (Fsp3) is 0.188. The summed E-state index contributed by atoms with van der Waals surface area (Å²) in [5.74, 6) is -1.28. The molecule has 0 radical (unpaired) electrons. The van der Waals surface area contributed by atoms with E-state index in [0.29, 0.717) is 5.56 Å². The molecule has 0 saturated heterocycles. The highest BCUT2D eigenvalue weighted by atomic mass is 19.1. The van der Waals surface area contributed by atoms with Crippen LogP contribution in [0.15, 0.2) is 36.4 Å². The first kappa shape index (κ1) is 14.1. The van der Waals surface area contributed by atoms with Crippen molar-refractivity contribution in [1.29, 1.82) is 0 Å². The molecule has 104 valence electrons. The summed E-state index contributed by atoms with van der Waals surface area (Å²) < 4.78 is 19.2. The molecule has 0 aliphatic carbocycles. The molecule has 2 aromatic rings. The van der Waals surface area contributed by atoms with E-state index in [9.17, 15) is 9.18 Å². The molecule has 0 bridgehead atoms. The van der Waals surface area contributed by atoms with E-state index in [4.69, 9.17) is 9.84 Å². The topological polar surface area (TPSA) is 46.5 Å². The maximum Gasteiger partial charge on any atom is 0.338 e. The van der Waals surface area contributed by atoms with Crippen molar-refractivity contribution in [3.8, 4) is 5.75 Å². The molecule has 1 N–H and O–H groups in total. The van der Waals surface area contributed by atoms with Crippen molar-refractivity contribution >= 4 is 5.97 Å². The molecule has 0 unspecified atom stereocenters. The monoisotopic (exact) mass is 274 g/mol. The lowest BCUT2D eigenvalue weighted by atomic mass is 10.1. The number of aromatic carboxylic acids is 1. The van der Waals surface area contributed by atoms with E-state index in [0.717, 1.165) is 16.9 Å². The smallest absolute Gasteiger partial charge is 0.338 e. The van der Waals surface area contributed by atoms with Gasteiger partial charge in [-0.25, -0.2) is 9.18 Å². The Morgan fingerprint density at radius 1 is 1.20 bits per heavy atom.